The maximum atomic E-state index is 12.7. The van der Waals surface area contributed by atoms with Gasteiger partial charge in [-0.1, -0.05) is 13.8 Å². The van der Waals surface area contributed by atoms with Crippen LogP contribution in [-0.2, 0) is 16.6 Å². The van der Waals surface area contributed by atoms with Gasteiger partial charge in [-0.2, -0.15) is 4.31 Å². The summed E-state index contributed by atoms with van der Waals surface area (Å²) >= 11 is 4.57. The molecule has 0 amide bonds. The van der Waals surface area contributed by atoms with Crippen LogP contribution in [0, 0.1) is 5.92 Å². The Morgan fingerprint density at radius 3 is 2.79 bits per heavy atom. The van der Waals surface area contributed by atoms with Crippen molar-refractivity contribution in [3.63, 3.8) is 0 Å². The van der Waals surface area contributed by atoms with Crippen molar-refractivity contribution in [3.05, 3.63) is 14.7 Å². The smallest absolute Gasteiger partial charge is 0.245 e. The summed E-state index contributed by atoms with van der Waals surface area (Å²) in [6.07, 6.45) is 1.84. The molecule has 1 unspecified atom stereocenters. The zero-order chi connectivity index (χ0) is 14.2. The Labute approximate surface area is 126 Å². The normalized spacial score (nSPS) is 21.4. The quantitative estimate of drug-likeness (QED) is 0.889. The summed E-state index contributed by atoms with van der Waals surface area (Å²) in [6, 6.07) is 1.65. The van der Waals surface area contributed by atoms with Crippen LogP contribution in [-0.4, -0.2) is 30.4 Å². The van der Waals surface area contributed by atoms with Gasteiger partial charge in [0.25, 0.3) is 0 Å². The molecule has 2 heterocycles. The number of sulfonamides is 1. The number of thiophene rings is 1. The molecule has 1 N–H and O–H groups in total. The first-order chi connectivity index (χ1) is 8.87. The van der Waals surface area contributed by atoms with Gasteiger partial charge in [-0.3, -0.25) is 0 Å². The summed E-state index contributed by atoms with van der Waals surface area (Å²) < 4.78 is 27.6. The van der Waals surface area contributed by atoms with Crippen molar-refractivity contribution in [2.24, 2.45) is 5.92 Å². The molecule has 0 aromatic carbocycles. The molecule has 108 valence electrons. The third-order valence-electron chi connectivity index (χ3n) is 3.47. The molecule has 0 radical (unpaired) electrons. The van der Waals surface area contributed by atoms with E-state index >= 15 is 0 Å². The van der Waals surface area contributed by atoms with Crippen molar-refractivity contribution in [2.75, 3.05) is 6.54 Å². The molecule has 1 aliphatic rings. The second-order valence-electron chi connectivity index (χ2n) is 5.08. The van der Waals surface area contributed by atoms with E-state index in [0.29, 0.717) is 21.1 Å². The van der Waals surface area contributed by atoms with Gasteiger partial charge in [0.15, 0.2) is 0 Å². The second kappa shape index (κ2) is 5.81. The first kappa shape index (κ1) is 15.4. The predicted molar refractivity (Wildman–Crippen MR) is 79.7 cm³/mol. The summed E-state index contributed by atoms with van der Waals surface area (Å²) in [4.78, 5) is 0.944. The lowest BCUT2D eigenvalue weighted by atomic mass is 10.0. The Morgan fingerprint density at radius 2 is 2.26 bits per heavy atom. The third kappa shape index (κ3) is 2.90. The Kier molecular flexibility index (Phi) is 4.72. The maximum absolute atomic E-state index is 12.7. The van der Waals surface area contributed by atoms with E-state index in [4.69, 9.17) is 5.11 Å². The zero-order valence-corrected chi connectivity index (χ0v) is 14.2. The van der Waals surface area contributed by atoms with Gasteiger partial charge in [0.1, 0.15) is 4.90 Å². The number of aliphatic hydroxyl groups is 1. The number of rotatable bonds is 4. The average Bonchev–Trinajstić information content (AvgIpc) is 2.94. The molecule has 1 atom stereocenters. The minimum absolute atomic E-state index is 0.0781. The molecular weight excluding hydrogens is 350 g/mol. The third-order valence-corrected chi connectivity index (χ3v) is 7.63. The predicted octanol–water partition coefficient (Wildman–Crippen LogP) is 2.81. The monoisotopic (exact) mass is 367 g/mol. The van der Waals surface area contributed by atoms with Gasteiger partial charge in [0, 0.05) is 17.5 Å². The molecule has 1 aromatic heterocycles. The highest BCUT2D eigenvalue weighted by atomic mass is 79.9. The molecular formula is C12H18BrNO3S2. The highest BCUT2D eigenvalue weighted by Gasteiger charge is 2.38. The molecule has 1 aliphatic heterocycles. The van der Waals surface area contributed by atoms with E-state index in [9.17, 15) is 8.42 Å². The van der Waals surface area contributed by atoms with E-state index in [2.05, 4.69) is 29.8 Å². The number of aliphatic hydroxyl groups excluding tert-OH is 1. The van der Waals surface area contributed by atoms with E-state index in [-0.39, 0.29) is 17.5 Å². The summed E-state index contributed by atoms with van der Waals surface area (Å²) in [5, 5.41) is 9.13. The molecule has 0 bridgehead atoms. The zero-order valence-electron chi connectivity index (χ0n) is 11.0. The number of hydrogen-bond donors (Lipinski definition) is 1. The van der Waals surface area contributed by atoms with E-state index in [1.165, 1.54) is 11.3 Å². The van der Waals surface area contributed by atoms with Crippen molar-refractivity contribution >= 4 is 37.3 Å². The standard InChI is InChI=1S/C12H18BrNO3S2/c1-8(2)10-4-3-5-14(10)19(16,17)11-6-9(7-15)18-12(11)13/h6,8,10,15H,3-5,7H2,1-2H3. The molecule has 1 fully saturated rings. The van der Waals surface area contributed by atoms with Gasteiger partial charge in [-0.05, 0) is 40.8 Å². The van der Waals surface area contributed by atoms with Crippen LogP contribution in [0.4, 0.5) is 0 Å². The Hall–Kier alpha value is 0.0500. The number of halogens is 1. The second-order valence-corrected chi connectivity index (χ2v) is 9.39. The summed E-state index contributed by atoms with van der Waals surface area (Å²) in [5.41, 5.74) is 0. The van der Waals surface area contributed by atoms with Crippen LogP contribution in [0.5, 0.6) is 0 Å². The molecule has 0 saturated carbocycles. The topological polar surface area (TPSA) is 57.6 Å². The molecule has 4 nitrogen and oxygen atoms in total. The van der Waals surface area contributed by atoms with Crippen molar-refractivity contribution in [1.82, 2.24) is 4.31 Å². The van der Waals surface area contributed by atoms with E-state index < -0.39 is 10.0 Å². The lowest BCUT2D eigenvalue weighted by molar-refractivity contribution is 0.285. The first-order valence-electron chi connectivity index (χ1n) is 6.29. The van der Waals surface area contributed by atoms with E-state index in [1.54, 1.807) is 10.4 Å². The molecule has 19 heavy (non-hydrogen) atoms. The first-order valence-corrected chi connectivity index (χ1v) is 9.33. The lowest BCUT2D eigenvalue weighted by Gasteiger charge is -2.26. The summed E-state index contributed by atoms with van der Waals surface area (Å²) in [7, 11) is -3.47. The minimum Gasteiger partial charge on any atom is -0.391 e. The van der Waals surface area contributed by atoms with Crippen LogP contribution in [0.1, 0.15) is 31.6 Å². The fourth-order valence-corrected chi connectivity index (χ4v) is 6.83. The number of hydrogen-bond acceptors (Lipinski definition) is 4. The number of nitrogens with zero attached hydrogens (tertiary/aromatic N) is 1. The van der Waals surface area contributed by atoms with Gasteiger partial charge < -0.3 is 5.11 Å². The SMILES string of the molecule is CC(C)C1CCCN1S(=O)(=O)c1cc(CO)sc1Br. The largest absolute Gasteiger partial charge is 0.391 e. The van der Waals surface area contributed by atoms with Gasteiger partial charge in [-0.25, -0.2) is 8.42 Å². The van der Waals surface area contributed by atoms with Crippen LogP contribution < -0.4 is 0 Å². The molecule has 7 heteroatoms. The van der Waals surface area contributed by atoms with E-state index in [0.717, 1.165) is 12.8 Å². The summed E-state index contributed by atoms with van der Waals surface area (Å²) in [6.45, 7) is 4.56. The molecule has 2 rings (SSSR count). The van der Waals surface area contributed by atoms with Gasteiger partial charge in [0.2, 0.25) is 10.0 Å². The minimum atomic E-state index is -3.47. The fourth-order valence-electron chi connectivity index (χ4n) is 2.51. The van der Waals surface area contributed by atoms with Crippen molar-refractivity contribution in [3.8, 4) is 0 Å². The Bertz CT molecular complexity index is 553. The van der Waals surface area contributed by atoms with Crippen LogP contribution in [0.3, 0.4) is 0 Å². The summed E-state index contributed by atoms with van der Waals surface area (Å²) in [5.74, 6) is 0.312. The molecule has 1 aromatic rings. The lowest BCUT2D eigenvalue weighted by Crippen LogP contribution is -2.38. The molecule has 1 saturated heterocycles. The maximum Gasteiger partial charge on any atom is 0.245 e. The fraction of sp³-hybridized carbons (Fsp3) is 0.667. The van der Waals surface area contributed by atoms with Crippen molar-refractivity contribution in [1.29, 1.82) is 0 Å². The van der Waals surface area contributed by atoms with Crippen LogP contribution in [0.2, 0.25) is 0 Å². The molecule has 0 aliphatic carbocycles. The van der Waals surface area contributed by atoms with E-state index in [1.807, 2.05) is 0 Å². The van der Waals surface area contributed by atoms with Gasteiger partial charge >= 0.3 is 0 Å². The van der Waals surface area contributed by atoms with Crippen LogP contribution in [0.15, 0.2) is 14.7 Å². The average molecular weight is 368 g/mol. The van der Waals surface area contributed by atoms with Crippen molar-refractivity contribution in [2.45, 2.75) is 44.2 Å². The van der Waals surface area contributed by atoms with Crippen LogP contribution in [0.25, 0.3) is 0 Å². The highest BCUT2D eigenvalue weighted by Crippen LogP contribution is 2.37. The Balaban J connectivity index is 2.39. The Morgan fingerprint density at radius 1 is 1.58 bits per heavy atom. The van der Waals surface area contributed by atoms with Crippen LogP contribution >= 0.6 is 27.3 Å². The molecule has 0 spiro atoms. The van der Waals surface area contributed by atoms with Crippen molar-refractivity contribution < 1.29 is 13.5 Å². The van der Waals surface area contributed by atoms with Gasteiger partial charge in [-0.15, -0.1) is 11.3 Å². The highest BCUT2D eigenvalue weighted by molar-refractivity contribution is 9.11. The van der Waals surface area contributed by atoms with Gasteiger partial charge in [0.05, 0.1) is 10.4 Å².